The van der Waals surface area contributed by atoms with Gasteiger partial charge in [-0.2, -0.15) is 4.31 Å². The molecule has 3 aromatic heterocycles. The van der Waals surface area contributed by atoms with Crippen molar-refractivity contribution < 1.29 is 17.6 Å². The van der Waals surface area contributed by atoms with Gasteiger partial charge in [0.2, 0.25) is 10.0 Å². The maximum Gasteiger partial charge on any atom is 0.243 e. The summed E-state index contributed by atoms with van der Waals surface area (Å²) >= 11 is 3.22. The molecule has 1 aliphatic heterocycles. The summed E-state index contributed by atoms with van der Waals surface area (Å²) in [6.45, 7) is 2.16. The Kier molecular flexibility index (Phi) is 6.11. The minimum absolute atomic E-state index is 0.271. The SMILES string of the molecule is O=S(=O)(c1ccc(N=c2scc(-c3cccs3)n2Cc2ccco2)cc1)N1CCOCC1. The van der Waals surface area contributed by atoms with Crippen LogP contribution >= 0.6 is 22.7 Å². The highest BCUT2D eigenvalue weighted by molar-refractivity contribution is 7.89. The Morgan fingerprint density at radius 3 is 2.50 bits per heavy atom. The second kappa shape index (κ2) is 9.16. The highest BCUT2D eigenvalue weighted by atomic mass is 32.2. The molecule has 0 spiro atoms. The highest BCUT2D eigenvalue weighted by Crippen LogP contribution is 2.27. The fraction of sp³-hybridized carbons (Fsp3) is 0.227. The van der Waals surface area contributed by atoms with Gasteiger partial charge in [-0.3, -0.25) is 0 Å². The van der Waals surface area contributed by atoms with E-state index >= 15 is 0 Å². The average Bonchev–Trinajstić information content (AvgIpc) is 3.59. The normalized spacial score (nSPS) is 15.9. The predicted molar refractivity (Wildman–Crippen MR) is 125 cm³/mol. The molecule has 0 aliphatic carbocycles. The molecule has 0 amide bonds. The molecule has 5 rings (SSSR count). The summed E-state index contributed by atoms with van der Waals surface area (Å²) in [7, 11) is -3.52. The number of aromatic nitrogens is 1. The van der Waals surface area contributed by atoms with Crippen molar-refractivity contribution in [1.82, 2.24) is 8.87 Å². The molecular weight excluding hydrogens is 466 g/mol. The summed E-state index contributed by atoms with van der Waals surface area (Å²) in [6, 6.07) is 14.7. The van der Waals surface area contributed by atoms with Gasteiger partial charge < -0.3 is 13.7 Å². The lowest BCUT2D eigenvalue weighted by molar-refractivity contribution is 0.0730. The van der Waals surface area contributed by atoms with Gasteiger partial charge in [-0.15, -0.1) is 22.7 Å². The molecule has 4 aromatic rings. The third kappa shape index (κ3) is 4.37. The first kappa shape index (κ1) is 21.4. The van der Waals surface area contributed by atoms with Gasteiger partial charge in [0.1, 0.15) is 5.76 Å². The Labute approximate surface area is 193 Å². The first-order valence-electron chi connectivity index (χ1n) is 10.1. The molecule has 1 saturated heterocycles. The highest BCUT2D eigenvalue weighted by Gasteiger charge is 2.26. The van der Waals surface area contributed by atoms with Crippen LogP contribution in [0.2, 0.25) is 0 Å². The molecule has 0 radical (unpaired) electrons. The predicted octanol–water partition coefficient (Wildman–Crippen LogP) is 4.17. The third-order valence-electron chi connectivity index (χ3n) is 5.13. The van der Waals surface area contributed by atoms with E-state index in [-0.39, 0.29) is 4.90 Å². The van der Waals surface area contributed by atoms with Crippen molar-refractivity contribution in [3.8, 4) is 10.6 Å². The second-order valence-corrected chi connectivity index (χ2v) is 10.9. The Hall–Kier alpha value is -2.50. The minimum atomic E-state index is -3.52. The van der Waals surface area contributed by atoms with Gasteiger partial charge in [0, 0.05) is 18.5 Å². The molecule has 1 aromatic carbocycles. The third-order valence-corrected chi connectivity index (χ3v) is 8.80. The molecule has 0 N–H and O–H groups in total. The molecule has 0 unspecified atom stereocenters. The van der Waals surface area contributed by atoms with Crippen LogP contribution in [0.1, 0.15) is 5.76 Å². The van der Waals surface area contributed by atoms with Crippen LogP contribution in [0.25, 0.3) is 10.6 Å². The van der Waals surface area contributed by atoms with E-state index in [1.165, 1.54) is 4.31 Å². The molecule has 1 fully saturated rings. The number of rotatable bonds is 6. The molecule has 0 saturated carbocycles. The van der Waals surface area contributed by atoms with Crippen molar-refractivity contribution in [3.05, 3.63) is 76.1 Å². The first-order valence-corrected chi connectivity index (χ1v) is 13.3. The monoisotopic (exact) mass is 487 g/mol. The number of hydrogen-bond acceptors (Lipinski definition) is 7. The van der Waals surface area contributed by atoms with Crippen LogP contribution in [0.5, 0.6) is 0 Å². The van der Waals surface area contributed by atoms with Gasteiger partial charge >= 0.3 is 0 Å². The van der Waals surface area contributed by atoms with Crippen molar-refractivity contribution in [2.75, 3.05) is 26.3 Å². The number of sulfonamides is 1. The van der Waals surface area contributed by atoms with Crippen LogP contribution in [0.3, 0.4) is 0 Å². The van der Waals surface area contributed by atoms with Gasteiger partial charge in [0.05, 0.1) is 47.2 Å². The number of furan rings is 1. The summed E-state index contributed by atoms with van der Waals surface area (Å²) in [4.78, 5) is 7.04. The largest absolute Gasteiger partial charge is 0.467 e. The Morgan fingerprint density at radius 2 is 1.81 bits per heavy atom. The zero-order valence-corrected chi connectivity index (χ0v) is 19.5. The van der Waals surface area contributed by atoms with Crippen molar-refractivity contribution in [2.24, 2.45) is 4.99 Å². The zero-order valence-electron chi connectivity index (χ0n) is 17.1. The lowest BCUT2D eigenvalue weighted by Gasteiger charge is -2.26. The molecule has 32 heavy (non-hydrogen) atoms. The summed E-state index contributed by atoms with van der Waals surface area (Å²) in [6.07, 6.45) is 1.66. The van der Waals surface area contributed by atoms with E-state index in [2.05, 4.69) is 21.4 Å². The molecule has 0 atom stereocenters. The van der Waals surface area contributed by atoms with Crippen molar-refractivity contribution in [2.45, 2.75) is 11.4 Å². The first-order chi connectivity index (χ1) is 15.6. The zero-order chi connectivity index (χ0) is 22.0. The lowest BCUT2D eigenvalue weighted by Crippen LogP contribution is -2.40. The van der Waals surface area contributed by atoms with Crippen molar-refractivity contribution >= 4 is 38.4 Å². The van der Waals surface area contributed by atoms with Crippen LogP contribution in [-0.2, 0) is 21.3 Å². The maximum atomic E-state index is 12.9. The number of benzene rings is 1. The van der Waals surface area contributed by atoms with Crippen molar-refractivity contribution in [1.29, 1.82) is 0 Å². The molecule has 4 heterocycles. The summed E-state index contributed by atoms with van der Waals surface area (Å²) in [5.41, 5.74) is 1.77. The summed E-state index contributed by atoms with van der Waals surface area (Å²) in [5, 5.41) is 4.14. The fourth-order valence-electron chi connectivity index (χ4n) is 3.49. The number of nitrogens with zero attached hydrogens (tertiary/aromatic N) is 3. The van der Waals surface area contributed by atoms with Crippen LogP contribution in [0, 0.1) is 0 Å². The summed E-state index contributed by atoms with van der Waals surface area (Å²) < 4.78 is 40.1. The van der Waals surface area contributed by atoms with E-state index in [1.54, 1.807) is 53.2 Å². The lowest BCUT2D eigenvalue weighted by atomic mass is 10.3. The Bertz CT molecular complexity index is 1330. The number of ether oxygens (including phenoxy) is 1. The Morgan fingerprint density at radius 1 is 1.00 bits per heavy atom. The van der Waals surface area contributed by atoms with E-state index in [1.807, 2.05) is 18.2 Å². The molecule has 1 aliphatic rings. The van der Waals surface area contributed by atoms with E-state index in [0.717, 1.165) is 21.1 Å². The molecule has 166 valence electrons. The molecule has 7 nitrogen and oxygen atoms in total. The molecule has 10 heteroatoms. The van der Waals surface area contributed by atoms with Crippen molar-refractivity contribution in [3.63, 3.8) is 0 Å². The van der Waals surface area contributed by atoms with Gasteiger partial charge in [-0.1, -0.05) is 6.07 Å². The standard InChI is InChI=1S/C22H21N3O4S3/c26-32(27,24-9-12-28-13-10-24)19-7-5-17(6-8-19)23-22-25(15-18-3-1-11-29-18)20(16-31-22)21-4-2-14-30-21/h1-8,11,14,16H,9-10,12-13,15H2. The Balaban J connectivity index is 1.48. The van der Waals surface area contributed by atoms with Crippen LogP contribution < -0.4 is 4.80 Å². The quantitative estimate of drug-likeness (QED) is 0.409. The smallest absolute Gasteiger partial charge is 0.243 e. The minimum Gasteiger partial charge on any atom is -0.467 e. The van der Waals surface area contributed by atoms with Gasteiger partial charge in [-0.25, -0.2) is 13.4 Å². The number of thiophene rings is 1. The second-order valence-electron chi connectivity index (χ2n) is 7.17. The fourth-order valence-corrected chi connectivity index (χ4v) is 6.64. The molecular formula is C22H21N3O4S3. The van der Waals surface area contributed by atoms with Gasteiger partial charge in [0.15, 0.2) is 4.80 Å². The van der Waals surface area contributed by atoms with Crippen LogP contribution in [0.15, 0.2) is 79.9 Å². The van der Waals surface area contributed by atoms with E-state index in [4.69, 9.17) is 14.1 Å². The van der Waals surface area contributed by atoms with E-state index in [0.29, 0.717) is 38.5 Å². The summed E-state index contributed by atoms with van der Waals surface area (Å²) in [5.74, 6) is 0.842. The number of hydrogen-bond donors (Lipinski definition) is 0. The average molecular weight is 488 g/mol. The number of thiazole rings is 1. The van der Waals surface area contributed by atoms with Gasteiger partial charge in [-0.05, 0) is 47.8 Å². The maximum absolute atomic E-state index is 12.9. The number of morpholine rings is 1. The van der Waals surface area contributed by atoms with Crippen LogP contribution in [0.4, 0.5) is 5.69 Å². The molecule has 0 bridgehead atoms. The topological polar surface area (TPSA) is 77.0 Å². The van der Waals surface area contributed by atoms with Gasteiger partial charge in [0.25, 0.3) is 0 Å². The van der Waals surface area contributed by atoms with E-state index < -0.39 is 10.0 Å². The van der Waals surface area contributed by atoms with E-state index in [9.17, 15) is 8.42 Å². The van der Waals surface area contributed by atoms with Crippen LogP contribution in [-0.4, -0.2) is 43.6 Å².